The lowest BCUT2D eigenvalue weighted by molar-refractivity contribution is 0.491. The predicted molar refractivity (Wildman–Crippen MR) is 232 cm³/mol. The van der Waals surface area contributed by atoms with E-state index in [0.29, 0.717) is 5.89 Å². The molecule has 1 aromatic heterocycles. The van der Waals surface area contributed by atoms with Crippen LogP contribution in [0.2, 0.25) is 0 Å². The minimum atomic E-state index is 0.0814. The summed E-state index contributed by atoms with van der Waals surface area (Å²) in [6.45, 7) is 0. The number of hydrogen-bond donors (Lipinski definition) is 0. The lowest BCUT2D eigenvalue weighted by Gasteiger charge is -2.30. The van der Waals surface area contributed by atoms with Gasteiger partial charge in [-0.05, 0) is 118 Å². The fourth-order valence-electron chi connectivity index (χ4n) is 8.30. The second-order valence-corrected chi connectivity index (χ2v) is 14.6. The third-order valence-electron chi connectivity index (χ3n) is 11.1. The van der Waals surface area contributed by atoms with Crippen LogP contribution in [0.5, 0.6) is 0 Å². The van der Waals surface area contributed by atoms with Gasteiger partial charge in [0.15, 0.2) is 0 Å². The van der Waals surface area contributed by atoms with Gasteiger partial charge in [-0.15, -0.1) is 0 Å². The standard InChI is InChI=1S/C53H40N2O/c1-5-15-37(16-6-1)39-27-29-41(30-28-39)53-54-51-34-33-47-46(25-14-26-49(47)52(51)56-53)48-32-31-45(36-50(48)40-19-9-3-10-20-40)55(43-22-11-4-12-23-43)44-24-13-21-42(35-44)38-17-7-2-8-18-38/h1-3,5-11,13-25,27-36,49H,4,12,26H2. The van der Waals surface area contributed by atoms with Gasteiger partial charge in [0, 0.05) is 28.6 Å². The zero-order chi connectivity index (χ0) is 37.3. The Morgan fingerprint density at radius 3 is 1.89 bits per heavy atom. The molecule has 3 aliphatic rings. The number of benzene rings is 6. The lowest BCUT2D eigenvalue weighted by atomic mass is 9.78. The highest BCUT2D eigenvalue weighted by Crippen LogP contribution is 2.47. The second kappa shape index (κ2) is 14.7. The molecule has 268 valence electrons. The van der Waals surface area contributed by atoms with Crippen LogP contribution >= 0.6 is 0 Å². The van der Waals surface area contributed by atoms with E-state index in [9.17, 15) is 0 Å². The number of fused-ring (bicyclic) bond motifs is 3. The van der Waals surface area contributed by atoms with Gasteiger partial charge in [-0.2, -0.15) is 0 Å². The summed E-state index contributed by atoms with van der Waals surface area (Å²) < 4.78 is 6.66. The molecule has 0 saturated heterocycles. The zero-order valence-corrected chi connectivity index (χ0v) is 31.1. The van der Waals surface area contributed by atoms with Gasteiger partial charge in [0.1, 0.15) is 11.5 Å². The van der Waals surface area contributed by atoms with Gasteiger partial charge < -0.3 is 9.32 Å². The van der Waals surface area contributed by atoms with Gasteiger partial charge in [-0.25, -0.2) is 4.98 Å². The van der Waals surface area contributed by atoms with Crippen molar-refractivity contribution in [2.45, 2.75) is 25.2 Å². The van der Waals surface area contributed by atoms with E-state index in [0.717, 1.165) is 47.7 Å². The summed E-state index contributed by atoms with van der Waals surface area (Å²) in [5, 5.41) is 0. The van der Waals surface area contributed by atoms with Crippen molar-refractivity contribution < 1.29 is 4.42 Å². The van der Waals surface area contributed by atoms with Gasteiger partial charge in [-0.3, -0.25) is 0 Å². The maximum atomic E-state index is 6.66. The zero-order valence-electron chi connectivity index (χ0n) is 31.1. The Bertz CT molecular complexity index is 2690. The van der Waals surface area contributed by atoms with Gasteiger partial charge in [0.2, 0.25) is 5.89 Å². The van der Waals surface area contributed by atoms with Gasteiger partial charge in [-0.1, -0.05) is 152 Å². The number of allylic oxidation sites excluding steroid dienone is 8. The molecule has 3 heteroatoms. The van der Waals surface area contributed by atoms with E-state index in [-0.39, 0.29) is 5.92 Å². The molecule has 0 amide bonds. The molecular formula is C53H40N2O. The van der Waals surface area contributed by atoms with E-state index in [2.05, 4.69) is 199 Å². The van der Waals surface area contributed by atoms with Crippen LogP contribution in [0.15, 0.2) is 210 Å². The molecule has 10 rings (SSSR count). The maximum absolute atomic E-state index is 6.66. The average molecular weight is 721 g/mol. The highest BCUT2D eigenvalue weighted by molar-refractivity contribution is 5.93. The first-order valence-electron chi connectivity index (χ1n) is 19.5. The van der Waals surface area contributed by atoms with Crippen LogP contribution in [-0.4, -0.2) is 4.98 Å². The van der Waals surface area contributed by atoms with Crippen molar-refractivity contribution in [3.8, 4) is 44.8 Å². The van der Waals surface area contributed by atoms with Crippen molar-refractivity contribution in [2.75, 3.05) is 4.90 Å². The van der Waals surface area contributed by atoms with Crippen LogP contribution in [-0.2, 0) is 0 Å². The quantitative estimate of drug-likeness (QED) is 0.157. The van der Waals surface area contributed by atoms with Crippen molar-refractivity contribution in [1.82, 2.24) is 4.98 Å². The Morgan fingerprint density at radius 1 is 0.500 bits per heavy atom. The van der Waals surface area contributed by atoms with E-state index < -0.39 is 0 Å². The summed E-state index contributed by atoms with van der Waals surface area (Å²) >= 11 is 0. The van der Waals surface area contributed by atoms with Crippen LogP contribution in [0, 0.1) is 0 Å². The molecule has 0 fully saturated rings. The molecule has 1 unspecified atom stereocenters. The molecule has 56 heavy (non-hydrogen) atoms. The maximum Gasteiger partial charge on any atom is 0.226 e. The molecule has 0 saturated carbocycles. The Morgan fingerprint density at radius 2 is 1.16 bits per heavy atom. The van der Waals surface area contributed by atoms with Crippen LogP contribution in [0.1, 0.15) is 42.2 Å². The second-order valence-electron chi connectivity index (χ2n) is 14.6. The van der Waals surface area contributed by atoms with E-state index in [1.165, 1.54) is 55.8 Å². The molecule has 0 aliphatic heterocycles. The number of hydrogen-bond acceptors (Lipinski definition) is 3. The number of aromatic nitrogens is 1. The number of oxazole rings is 1. The smallest absolute Gasteiger partial charge is 0.226 e. The molecule has 6 aromatic carbocycles. The fourth-order valence-corrected chi connectivity index (χ4v) is 8.30. The minimum absolute atomic E-state index is 0.0814. The van der Waals surface area contributed by atoms with E-state index in [4.69, 9.17) is 9.40 Å². The van der Waals surface area contributed by atoms with Crippen LogP contribution < -0.4 is 4.90 Å². The Kier molecular flexibility index (Phi) is 8.81. The minimum Gasteiger partial charge on any atom is -0.440 e. The molecule has 0 radical (unpaired) electrons. The van der Waals surface area contributed by atoms with Crippen molar-refractivity contribution in [2.24, 2.45) is 0 Å². The van der Waals surface area contributed by atoms with Crippen LogP contribution in [0.4, 0.5) is 11.4 Å². The molecule has 0 N–H and O–H groups in total. The van der Waals surface area contributed by atoms with Gasteiger partial charge in [0.05, 0.1) is 0 Å². The highest BCUT2D eigenvalue weighted by atomic mass is 16.4. The van der Waals surface area contributed by atoms with E-state index in [1.54, 1.807) is 0 Å². The molecule has 1 heterocycles. The molecule has 3 nitrogen and oxygen atoms in total. The number of nitrogens with zero attached hydrogens (tertiary/aromatic N) is 2. The first-order valence-corrected chi connectivity index (χ1v) is 19.5. The molecule has 0 bridgehead atoms. The Hall–Kier alpha value is -6.97. The summed E-state index contributed by atoms with van der Waals surface area (Å²) in [6, 6.07) is 56.3. The van der Waals surface area contributed by atoms with E-state index >= 15 is 0 Å². The first kappa shape index (κ1) is 33.6. The van der Waals surface area contributed by atoms with Gasteiger partial charge >= 0.3 is 0 Å². The largest absolute Gasteiger partial charge is 0.440 e. The SMILES string of the molecule is C1=CC(N(c2cccc(-c3ccccc3)c2)c2ccc(C3=C4C=Cc5nc(-c6ccc(-c7ccccc7)cc6)oc5C4CC=C3)c(-c3ccccc3)c2)=CCC1. The summed E-state index contributed by atoms with van der Waals surface area (Å²) in [5.74, 6) is 1.68. The monoisotopic (exact) mass is 720 g/mol. The molecular weight excluding hydrogens is 681 g/mol. The summed E-state index contributed by atoms with van der Waals surface area (Å²) in [5.41, 5.74) is 16.2. The fraction of sp³-hybridized carbons (Fsp3) is 0.0755. The van der Waals surface area contributed by atoms with Gasteiger partial charge in [0.25, 0.3) is 0 Å². The summed E-state index contributed by atoms with van der Waals surface area (Å²) in [6.07, 6.45) is 18.8. The predicted octanol–water partition coefficient (Wildman–Crippen LogP) is 14.2. The summed E-state index contributed by atoms with van der Waals surface area (Å²) in [4.78, 5) is 7.40. The van der Waals surface area contributed by atoms with Crippen molar-refractivity contribution in [3.05, 3.63) is 222 Å². The Balaban J connectivity index is 1.05. The number of rotatable bonds is 8. The molecule has 3 aliphatic carbocycles. The lowest BCUT2D eigenvalue weighted by Crippen LogP contribution is -2.16. The molecule has 7 aromatic rings. The first-order chi connectivity index (χ1) is 27.8. The third kappa shape index (κ3) is 6.37. The number of anilines is 2. The van der Waals surface area contributed by atoms with Crippen molar-refractivity contribution in [3.63, 3.8) is 0 Å². The van der Waals surface area contributed by atoms with Crippen molar-refractivity contribution in [1.29, 1.82) is 0 Å². The Labute approximate surface area is 328 Å². The molecule has 1 atom stereocenters. The normalized spacial score (nSPS) is 15.6. The third-order valence-corrected chi connectivity index (χ3v) is 11.1. The average Bonchev–Trinajstić information content (AvgIpc) is 3.73. The van der Waals surface area contributed by atoms with E-state index in [1.807, 2.05) is 6.07 Å². The summed E-state index contributed by atoms with van der Waals surface area (Å²) in [7, 11) is 0. The highest BCUT2D eigenvalue weighted by Gasteiger charge is 2.31. The van der Waals surface area contributed by atoms with Crippen molar-refractivity contribution >= 4 is 23.0 Å². The topological polar surface area (TPSA) is 29.3 Å². The van der Waals surface area contributed by atoms with Crippen LogP contribution in [0.3, 0.4) is 0 Å². The van der Waals surface area contributed by atoms with Crippen LogP contribution in [0.25, 0.3) is 56.5 Å². The molecule has 0 spiro atoms.